The Morgan fingerprint density at radius 3 is 3.00 bits per heavy atom. The molecular weight excluding hydrogens is 252 g/mol. The molecule has 1 aliphatic carbocycles. The van der Waals surface area contributed by atoms with E-state index in [2.05, 4.69) is 15.0 Å². The molecule has 1 saturated carbocycles. The van der Waals surface area contributed by atoms with Crippen molar-refractivity contribution >= 4 is 5.82 Å². The van der Waals surface area contributed by atoms with Gasteiger partial charge in [0, 0.05) is 29.7 Å². The first-order valence-electron chi connectivity index (χ1n) is 5.76. The van der Waals surface area contributed by atoms with Gasteiger partial charge in [-0.1, -0.05) is 5.11 Å². The van der Waals surface area contributed by atoms with E-state index in [1.54, 1.807) is 0 Å². The number of aromatic nitrogens is 2. The summed E-state index contributed by atoms with van der Waals surface area (Å²) in [6.07, 6.45) is 0.782. The summed E-state index contributed by atoms with van der Waals surface area (Å²) in [7, 11) is 0. The van der Waals surface area contributed by atoms with Gasteiger partial charge < -0.3 is 15.9 Å². The Hall–Kier alpha value is -2.09. The van der Waals surface area contributed by atoms with Crippen LogP contribution in [0.15, 0.2) is 22.2 Å². The van der Waals surface area contributed by atoms with Crippen molar-refractivity contribution in [1.29, 1.82) is 0 Å². The number of azide groups is 1. The topological polar surface area (TPSA) is 150 Å². The number of aliphatic hydroxyl groups is 2. The minimum atomic E-state index is -0.990. The van der Waals surface area contributed by atoms with Gasteiger partial charge in [0.2, 0.25) is 0 Å². The number of hydrogen-bond acceptors (Lipinski definition) is 6. The van der Waals surface area contributed by atoms with Crippen molar-refractivity contribution in [3.8, 4) is 0 Å². The maximum atomic E-state index is 11.8. The van der Waals surface area contributed by atoms with E-state index >= 15 is 0 Å². The molecule has 1 fully saturated rings. The van der Waals surface area contributed by atoms with Crippen LogP contribution in [-0.4, -0.2) is 38.5 Å². The lowest BCUT2D eigenvalue weighted by Crippen LogP contribution is -2.34. The van der Waals surface area contributed by atoms with Crippen LogP contribution in [0.25, 0.3) is 10.4 Å². The second-order valence-electron chi connectivity index (χ2n) is 4.47. The highest BCUT2D eigenvalue weighted by Gasteiger charge is 2.42. The SMILES string of the molecule is [N-]=[N+]=N[C@@H]1C(n2ccc(N)nc2=O)CC(CO)[C@@H]1O. The highest BCUT2D eigenvalue weighted by Crippen LogP contribution is 2.36. The van der Waals surface area contributed by atoms with E-state index in [4.69, 9.17) is 11.3 Å². The number of aliphatic hydroxyl groups excluding tert-OH is 2. The Morgan fingerprint density at radius 1 is 1.68 bits per heavy atom. The van der Waals surface area contributed by atoms with Gasteiger partial charge in [-0.15, -0.1) is 0 Å². The van der Waals surface area contributed by atoms with Crippen molar-refractivity contribution in [1.82, 2.24) is 9.55 Å². The molecular formula is C10H14N6O3. The molecule has 0 aliphatic heterocycles. The fourth-order valence-electron chi connectivity index (χ4n) is 2.44. The Kier molecular flexibility index (Phi) is 3.70. The first kappa shape index (κ1) is 13.3. The number of rotatable bonds is 3. The van der Waals surface area contributed by atoms with Gasteiger partial charge >= 0.3 is 5.69 Å². The monoisotopic (exact) mass is 266 g/mol. The molecule has 0 amide bonds. The number of nitrogens with two attached hydrogens (primary N) is 1. The molecule has 2 rings (SSSR count). The molecule has 19 heavy (non-hydrogen) atoms. The van der Waals surface area contributed by atoms with Crippen molar-refractivity contribution in [2.24, 2.45) is 11.0 Å². The summed E-state index contributed by atoms with van der Waals surface area (Å²) < 4.78 is 1.27. The summed E-state index contributed by atoms with van der Waals surface area (Å²) in [5.41, 5.74) is 13.4. The third kappa shape index (κ3) is 2.39. The summed E-state index contributed by atoms with van der Waals surface area (Å²) in [4.78, 5) is 18.0. The number of hydrogen-bond donors (Lipinski definition) is 3. The standard InChI is InChI=1S/C10H14N6O3/c11-7-1-2-16(10(19)13-7)6-3-5(4-17)9(18)8(6)14-15-12/h1-2,5-6,8-9,17-18H,3-4H2,(H2,11,13,19)/t5?,6?,8-,9+/m1/s1. The molecule has 1 heterocycles. The van der Waals surface area contributed by atoms with Crippen LogP contribution in [0.2, 0.25) is 0 Å². The van der Waals surface area contributed by atoms with Crippen LogP contribution < -0.4 is 11.4 Å². The van der Waals surface area contributed by atoms with E-state index in [9.17, 15) is 15.0 Å². The Morgan fingerprint density at radius 2 is 2.42 bits per heavy atom. The summed E-state index contributed by atoms with van der Waals surface area (Å²) >= 11 is 0. The predicted octanol–water partition coefficient (Wildman–Crippen LogP) is -0.581. The number of anilines is 1. The largest absolute Gasteiger partial charge is 0.396 e. The highest BCUT2D eigenvalue weighted by molar-refractivity contribution is 5.24. The average Bonchev–Trinajstić information content (AvgIpc) is 2.68. The molecule has 0 saturated heterocycles. The molecule has 102 valence electrons. The van der Waals surface area contributed by atoms with Gasteiger partial charge in [-0.2, -0.15) is 4.98 Å². The lowest BCUT2D eigenvalue weighted by Gasteiger charge is -2.19. The lowest BCUT2D eigenvalue weighted by atomic mass is 10.1. The van der Waals surface area contributed by atoms with Gasteiger partial charge in [0.1, 0.15) is 5.82 Å². The zero-order valence-electron chi connectivity index (χ0n) is 9.99. The van der Waals surface area contributed by atoms with Gasteiger partial charge in [0.05, 0.1) is 12.1 Å². The van der Waals surface area contributed by atoms with Crippen molar-refractivity contribution < 1.29 is 10.2 Å². The molecule has 9 nitrogen and oxygen atoms in total. The molecule has 0 aromatic carbocycles. The first-order valence-corrected chi connectivity index (χ1v) is 5.76. The summed E-state index contributed by atoms with van der Waals surface area (Å²) in [5.74, 6) is -0.344. The Balaban J connectivity index is 2.41. The smallest absolute Gasteiger partial charge is 0.349 e. The molecule has 0 spiro atoms. The summed E-state index contributed by atoms with van der Waals surface area (Å²) in [5, 5.41) is 22.7. The molecule has 1 aromatic heterocycles. The van der Waals surface area contributed by atoms with Crippen molar-refractivity contribution in [2.45, 2.75) is 24.6 Å². The summed E-state index contributed by atoms with van der Waals surface area (Å²) in [6.45, 7) is -0.244. The van der Waals surface area contributed by atoms with E-state index < -0.39 is 29.8 Å². The molecule has 4 atom stereocenters. The van der Waals surface area contributed by atoms with Gasteiger partial charge in [-0.25, -0.2) is 4.79 Å². The van der Waals surface area contributed by atoms with Gasteiger partial charge in [0.15, 0.2) is 0 Å². The fraction of sp³-hybridized carbons (Fsp3) is 0.600. The average molecular weight is 266 g/mol. The van der Waals surface area contributed by atoms with Gasteiger partial charge in [0.25, 0.3) is 0 Å². The Labute approximate surface area is 107 Å². The van der Waals surface area contributed by atoms with Crippen LogP contribution in [0, 0.1) is 5.92 Å². The van der Waals surface area contributed by atoms with E-state index in [1.165, 1.54) is 16.8 Å². The molecule has 0 bridgehead atoms. The van der Waals surface area contributed by atoms with E-state index in [0.29, 0.717) is 6.42 Å². The van der Waals surface area contributed by atoms with Crippen LogP contribution in [0.5, 0.6) is 0 Å². The van der Waals surface area contributed by atoms with Crippen molar-refractivity contribution in [3.05, 3.63) is 33.2 Å². The first-order chi connectivity index (χ1) is 9.08. The summed E-state index contributed by atoms with van der Waals surface area (Å²) in [6, 6.07) is 0.0987. The molecule has 0 radical (unpaired) electrons. The minimum Gasteiger partial charge on any atom is -0.396 e. The van der Waals surface area contributed by atoms with E-state index in [-0.39, 0.29) is 12.4 Å². The molecule has 2 unspecified atom stereocenters. The maximum Gasteiger partial charge on any atom is 0.349 e. The Bertz CT molecular complexity index is 567. The maximum absolute atomic E-state index is 11.8. The zero-order chi connectivity index (χ0) is 14.0. The second kappa shape index (κ2) is 5.27. The number of nitrogen functional groups attached to an aromatic ring is 1. The molecule has 4 N–H and O–H groups in total. The lowest BCUT2D eigenvalue weighted by molar-refractivity contribution is 0.0801. The molecule has 1 aromatic rings. The van der Waals surface area contributed by atoms with E-state index in [1.807, 2.05) is 0 Å². The normalized spacial score (nSPS) is 30.0. The highest BCUT2D eigenvalue weighted by atomic mass is 16.3. The quantitative estimate of drug-likeness (QED) is 0.380. The van der Waals surface area contributed by atoms with Crippen LogP contribution in [0.4, 0.5) is 5.82 Å². The third-order valence-corrected chi connectivity index (χ3v) is 3.40. The van der Waals surface area contributed by atoms with Crippen molar-refractivity contribution in [2.75, 3.05) is 12.3 Å². The third-order valence-electron chi connectivity index (χ3n) is 3.40. The van der Waals surface area contributed by atoms with Crippen LogP contribution >= 0.6 is 0 Å². The molecule has 9 heteroatoms. The van der Waals surface area contributed by atoms with E-state index in [0.717, 1.165) is 0 Å². The fourth-order valence-corrected chi connectivity index (χ4v) is 2.44. The van der Waals surface area contributed by atoms with Crippen LogP contribution in [0.3, 0.4) is 0 Å². The van der Waals surface area contributed by atoms with Gasteiger partial charge in [-0.3, -0.25) is 4.57 Å². The zero-order valence-corrected chi connectivity index (χ0v) is 9.99. The van der Waals surface area contributed by atoms with Crippen molar-refractivity contribution in [3.63, 3.8) is 0 Å². The van der Waals surface area contributed by atoms with Crippen LogP contribution in [0.1, 0.15) is 12.5 Å². The number of nitrogens with zero attached hydrogens (tertiary/aromatic N) is 5. The van der Waals surface area contributed by atoms with Gasteiger partial charge in [-0.05, 0) is 18.0 Å². The minimum absolute atomic E-state index is 0.0961. The van der Waals surface area contributed by atoms with Crippen LogP contribution in [-0.2, 0) is 0 Å². The molecule has 1 aliphatic rings. The second-order valence-corrected chi connectivity index (χ2v) is 4.47. The predicted molar refractivity (Wildman–Crippen MR) is 66.1 cm³/mol.